The summed E-state index contributed by atoms with van der Waals surface area (Å²) < 4.78 is 0. The van der Waals surface area contributed by atoms with Gasteiger partial charge in [-0.15, -0.1) is 10.0 Å². The van der Waals surface area contributed by atoms with Gasteiger partial charge in [0.05, 0.1) is 16.8 Å². The molecule has 0 saturated carbocycles. The molecule has 15 aromatic carbocycles. The van der Waals surface area contributed by atoms with Crippen LogP contribution in [0.2, 0.25) is 0 Å². The Labute approximate surface area is 555 Å². The number of hydrogen-bond donors (Lipinski definition) is 0. The monoisotopic (exact) mass is 1220 g/mol. The van der Waals surface area contributed by atoms with Crippen LogP contribution in [0.5, 0.6) is 0 Å². The number of benzene rings is 15. The van der Waals surface area contributed by atoms with Crippen LogP contribution in [0, 0.1) is 0 Å². The Balaban J connectivity index is 0.847. The molecule has 0 N–H and O–H groups in total. The summed E-state index contributed by atoms with van der Waals surface area (Å²) in [5, 5.41) is 0. The molecule has 6 aliphatic rings. The molecule has 21 rings (SSSR count). The number of fused-ring (bicyclic) bond motifs is 24. The highest BCUT2D eigenvalue weighted by Crippen LogP contribution is 2.85. The molecule has 440 valence electrons. The molecule has 0 fully saturated rings. The molecule has 0 bridgehead atoms. The van der Waals surface area contributed by atoms with E-state index in [0.29, 0.717) is 0 Å². The Kier molecular flexibility index (Phi) is 11.1. The van der Waals surface area contributed by atoms with E-state index in [1.54, 1.807) is 0 Å². The van der Waals surface area contributed by atoms with Gasteiger partial charge in [-0.3, -0.25) is 0 Å². The first-order chi connectivity index (χ1) is 47.2. The van der Waals surface area contributed by atoms with E-state index in [9.17, 15) is 0 Å². The highest BCUT2D eigenvalue weighted by atomic mass is 32.3. The van der Waals surface area contributed by atoms with Crippen LogP contribution in [0.4, 0.5) is 34.1 Å². The minimum atomic E-state index is -1.84. The van der Waals surface area contributed by atoms with Gasteiger partial charge in [0.1, 0.15) is 0 Å². The maximum Gasteiger partial charge on any atom is 0.252 e. The third kappa shape index (κ3) is 6.95. The second kappa shape index (κ2) is 19.9. The van der Waals surface area contributed by atoms with Gasteiger partial charge in [-0.2, -0.15) is 0 Å². The summed E-state index contributed by atoms with van der Waals surface area (Å²) in [6.07, 6.45) is 0. The van der Waals surface area contributed by atoms with Gasteiger partial charge in [-0.1, -0.05) is 285 Å². The van der Waals surface area contributed by atoms with Gasteiger partial charge in [0.25, 0.3) is 6.71 Å². The third-order valence-corrected chi connectivity index (χ3v) is 25.7. The third-order valence-electron chi connectivity index (χ3n) is 21.7. The summed E-state index contributed by atoms with van der Waals surface area (Å²) in [6, 6.07) is 132. The molecule has 15 aromatic rings. The number of rotatable bonds is 6. The van der Waals surface area contributed by atoms with E-state index in [0.717, 1.165) is 11.4 Å². The standard InChI is InChI=1S/C91H57BN2S/c1-3-26-58(27-4-1)62-30-10-18-44-78(62)93-80-54-52-60(64-38-23-43-75-88(64)70-36-9-17-42-74(70)91(75)72-40-15-7-32-66(72)67-33-8-16-41-73(67)91)56-76(80)92-77-57-61(53-55-81(77)94(83-47-25-46-82(93)90(83)92)79-45-19-11-31-63(79)59-28-5-2-6-29-59)65-39-24-51-87-89(65)71-37-14-22-50-86(71)95(87)84-48-20-12-34-68(84)69-35-13-21-49-85(69)95/h1-57H. The second-order valence-electron chi connectivity index (χ2n) is 26.0. The fraction of sp³-hybridized carbons (Fsp3) is 0.0110. The van der Waals surface area contributed by atoms with Crippen LogP contribution in [-0.2, 0) is 5.41 Å². The van der Waals surface area contributed by atoms with Gasteiger partial charge in [0.15, 0.2) is 0 Å². The number of hydrogen-bond acceptors (Lipinski definition) is 2. The predicted molar refractivity (Wildman–Crippen MR) is 396 cm³/mol. The first-order valence-electron chi connectivity index (χ1n) is 33.2. The van der Waals surface area contributed by atoms with Gasteiger partial charge in [0, 0.05) is 59.0 Å². The molecule has 2 spiro atoms. The van der Waals surface area contributed by atoms with Crippen molar-refractivity contribution in [1.82, 2.24) is 0 Å². The number of anilines is 6. The first-order valence-corrected chi connectivity index (χ1v) is 34.8. The lowest BCUT2D eigenvalue weighted by Gasteiger charge is -2.45. The molecule has 0 atom stereocenters. The minimum absolute atomic E-state index is 0.190. The van der Waals surface area contributed by atoms with Crippen LogP contribution in [0.3, 0.4) is 0 Å². The summed E-state index contributed by atoms with van der Waals surface area (Å²) in [5.41, 5.74) is 35.8. The quantitative estimate of drug-likeness (QED) is 0.153. The van der Waals surface area contributed by atoms with Crippen molar-refractivity contribution in [3.05, 3.63) is 368 Å². The van der Waals surface area contributed by atoms with Crippen molar-refractivity contribution in [3.8, 4) is 89.0 Å². The smallest absolute Gasteiger partial charge is 0.252 e. The summed E-state index contributed by atoms with van der Waals surface area (Å²) in [4.78, 5) is 10.9. The largest absolute Gasteiger partial charge is 0.311 e. The summed E-state index contributed by atoms with van der Waals surface area (Å²) in [7, 11) is -1.84. The average Bonchev–Trinajstić information content (AvgIpc) is 1.57. The van der Waals surface area contributed by atoms with Crippen LogP contribution in [0.25, 0.3) is 89.0 Å². The summed E-state index contributed by atoms with van der Waals surface area (Å²) in [5.74, 6) is 0. The van der Waals surface area contributed by atoms with E-state index in [4.69, 9.17) is 0 Å². The molecule has 2 nitrogen and oxygen atoms in total. The highest BCUT2D eigenvalue weighted by Gasteiger charge is 2.53. The van der Waals surface area contributed by atoms with E-state index < -0.39 is 15.4 Å². The molecular formula is C91H57BN2S. The lowest BCUT2D eigenvalue weighted by molar-refractivity contribution is 0.794. The predicted octanol–water partition coefficient (Wildman–Crippen LogP) is 22.1. The zero-order valence-electron chi connectivity index (χ0n) is 51.8. The molecule has 95 heavy (non-hydrogen) atoms. The van der Waals surface area contributed by atoms with Crippen LogP contribution in [0.1, 0.15) is 22.3 Å². The number of para-hydroxylation sites is 2. The van der Waals surface area contributed by atoms with E-state index in [1.165, 1.54) is 170 Å². The van der Waals surface area contributed by atoms with Crippen molar-refractivity contribution < 1.29 is 0 Å². The SMILES string of the molecule is c1ccc(-c2ccccc2N2c3ccc(-c4cccc5c4-c4ccccc4C54c5ccccc5-c5ccccc54)cc3B3c4cc(-c5cccc6c5-c5ccccc5S65c6ccccc6-c6ccccc65)ccc4N(c4ccccc4-c4ccccc4)c4cccc2c43)cc1. The Morgan fingerprint density at radius 2 is 0.579 bits per heavy atom. The van der Waals surface area contributed by atoms with Gasteiger partial charge >= 0.3 is 0 Å². The molecule has 2 aliphatic carbocycles. The summed E-state index contributed by atoms with van der Waals surface area (Å²) in [6.45, 7) is -0.190. The van der Waals surface area contributed by atoms with Gasteiger partial charge in [0.2, 0.25) is 0 Å². The highest BCUT2D eigenvalue weighted by molar-refractivity contribution is 8.34. The first kappa shape index (κ1) is 52.9. The van der Waals surface area contributed by atoms with Crippen LogP contribution in [0.15, 0.2) is 365 Å². The van der Waals surface area contributed by atoms with Crippen molar-refractivity contribution in [3.63, 3.8) is 0 Å². The molecule has 0 aromatic heterocycles. The van der Waals surface area contributed by atoms with Gasteiger partial charge in [-0.05, 0) is 172 Å². The zero-order valence-corrected chi connectivity index (χ0v) is 52.6. The van der Waals surface area contributed by atoms with Crippen molar-refractivity contribution in [2.75, 3.05) is 9.80 Å². The van der Waals surface area contributed by atoms with Crippen LogP contribution in [-0.4, -0.2) is 6.71 Å². The zero-order chi connectivity index (χ0) is 62.1. The molecule has 0 saturated heterocycles. The minimum Gasteiger partial charge on any atom is -0.311 e. The van der Waals surface area contributed by atoms with E-state index in [2.05, 4.69) is 356 Å². The molecule has 0 amide bonds. The Morgan fingerprint density at radius 1 is 0.221 bits per heavy atom. The van der Waals surface area contributed by atoms with E-state index in [-0.39, 0.29) is 6.71 Å². The topological polar surface area (TPSA) is 6.48 Å². The molecule has 4 heterocycles. The fourth-order valence-electron chi connectivity index (χ4n) is 18.1. The molecular weight excluding hydrogens is 1160 g/mol. The van der Waals surface area contributed by atoms with Gasteiger partial charge < -0.3 is 9.80 Å². The van der Waals surface area contributed by atoms with E-state index in [1.807, 2.05) is 0 Å². The summed E-state index contributed by atoms with van der Waals surface area (Å²) >= 11 is 0. The molecule has 4 aliphatic heterocycles. The fourth-order valence-corrected chi connectivity index (χ4v) is 22.7. The molecule has 0 unspecified atom stereocenters. The lowest BCUT2D eigenvalue weighted by Crippen LogP contribution is -2.61. The van der Waals surface area contributed by atoms with Crippen molar-refractivity contribution in [1.29, 1.82) is 0 Å². The maximum atomic E-state index is 2.60. The second-order valence-corrected chi connectivity index (χ2v) is 29.0. The Hall–Kier alpha value is -11.7. The molecule has 0 radical (unpaired) electrons. The normalized spacial score (nSPS) is 14.5. The Bertz CT molecular complexity index is 5350. The maximum absolute atomic E-state index is 2.60. The van der Waals surface area contributed by atoms with Gasteiger partial charge in [-0.25, -0.2) is 0 Å². The van der Waals surface area contributed by atoms with E-state index >= 15 is 0 Å². The Morgan fingerprint density at radius 3 is 1.12 bits per heavy atom. The van der Waals surface area contributed by atoms with Crippen molar-refractivity contribution in [2.45, 2.75) is 25.0 Å². The molecule has 4 heteroatoms. The van der Waals surface area contributed by atoms with Crippen molar-refractivity contribution in [2.24, 2.45) is 0 Å². The lowest BCUT2D eigenvalue weighted by atomic mass is 9.33. The number of nitrogens with zero attached hydrogens (tertiary/aromatic N) is 2. The average molecular weight is 1220 g/mol. The van der Waals surface area contributed by atoms with Crippen LogP contribution >= 0.6 is 10.0 Å². The van der Waals surface area contributed by atoms with Crippen molar-refractivity contribution >= 4 is 67.3 Å². The van der Waals surface area contributed by atoms with Crippen LogP contribution < -0.4 is 26.2 Å².